The molecule has 0 bridgehead atoms. The van der Waals surface area contributed by atoms with Crippen LogP contribution in [0.3, 0.4) is 0 Å². The van der Waals surface area contributed by atoms with Crippen molar-refractivity contribution in [3.05, 3.63) is 82.1 Å². The van der Waals surface area contributed by atoms with Gasteiger partial charge in [-0.15, -0.1) is 0 Å². The summed E-state index contributed by atoms with van der Waals surface area (Å²) in [4.78, 5) is 23.9. The van der Waals surface area contributed by atoms with Crippen LogP contribution in [0.1, 0.15) is 42.1 Å². The third-order valence-corrected chi connectivity index (χ3v) is 5.83. The molecule has 0 spiro atoms. The van der Waals surface area contributed by atoms with Crippen molar-refractivity contribution < 1.29 is 14.7 Å². The molecule has 8 heteroatoms. The second-order valence-electron chi connectivity index (χ2n) is 7.34. The normalized spacial score (nSPS) is 15.7. The van der Waals surface area contributed by atoms with E-state index in [2.05, 4.69) is 26.1 Å². The topological polar surface area (TPSA) is 87.8 Å². The number of carboxylic acids is 1. The van der Waals surface area contributed by atoms with Crippen molar-refractivity contribution in [3.63, 3.8) is 0 Å². The average molecular weight is 481 g/mol. The molecule has 0 fully saturated rings. The Kier molecular flexibility index (Phi) is 5.99. The summed E-state index contributed by atoms with van der Waals surface area (Å²) >= 11 is 3.44. The number of hydrogen-bond acceptors (Lipinski definition) is 4. The molecular weight excluding hydrogens is 460 g/mol. The summed E-state index contributed by atoms with van der Waals surface area (Å²) < 4.78 is 2.80. The van der Waals surface area contributed by atoms with E-state index in [1.807, 2.05) is 66.2 Å². The Morgan fingerprint density at radius 1 is 1.10 bits per heavy atom. The molecule has 0 radical (unpaired) electrons. The third kappa shape index (κ3) is 4.44. The molecule has 31 heavy (non-hydrogen) atoms. The molecule has 158 valence electrons. The number of benzene rings is 2. The van der Waals surface area contributed by atoms with Gasteiger partial charge in [-0.1, -0.05) is 46.3 Å². The minimum atomic E-state index is -1.01. The lowest BCUT2D eigenvalue weighted by molar-refractivity contribution is -0.141. The predicted octanol–water partition coefficient (Wildman–Crippen LogP) is 4.49. The first-order chi connectivity index (χ1) is 14.9. The minimum absolute atomic E-state index is 0.102. The molecule has 0 aliphatic carbocycles. The molecule has 1 aliphatic rings. The number of para-hydroxylation sites is 1. The van der Waals surface area contributed by atoms with Gasteiger partial charge in [0, 0.05) is 28.6 Å². The zero-order valence-electron chi connectivity index (χ0n) is 16.9. The molecule has 2 heterocycles. The van der Waals surface area contributed by atoms with E-state index in [1.165, 1.54) is 5.01 Å². The molecule has 1 atom stereocenters. The predicted molar refractivity (Wildman–Crippen MR) is 120 cm³/mol. The van der Waals surface area contributed by atoms with Crippen LogP contribution in [-0.4, -0.2) is 37.5 Å². The van der Waals surface area contributed by atoms with Crippen LogP contribution in [-0.2, 0) is 9.59 Å². The van der Waals surface area contributed by atoms with Crippen LogP contribution in [0.2, 0.25) is 0 Å². The van der Waals surface area contributed by atoms with E-state index in [0.29, 0.717) is 6.42 Å². The van der Waals surface area contributed by atoms with Crippen LogP contribution >= 0.6 is 15.9 Å². The van der Waals surface area contributed by atoms with Gasteiger partial charge in [0.05, 0.1) is 30.1 Å². The maximum atomic E-state index is 12.9. The first kappa shape index (κ1) is 21.0. The lowest BCUT2D eigenvalue weighted by atomic mass is 9.98. The monoisotopic (exact) mass is 480 g/mol. The zero-order chi connectivity index (χ0) is 22.0. The number of carbonyl (C=O) groups excluding carboxylic acids is 1. The van der Waals surface area contributed by atoms with Gasteiger partial charge in [0.2, 0.25) is 5.91 Å². The highest BCUT2D eigenvalue weighted by Crippen LogP contribution is 2.35. The fourth-order valence-electron chi connectivity index (χ4n) is 3.71. The standard InChI is InChI=1S/C23H21BrN4O3/c1-15-19(14-25-27(15)18-5-3-2-4-6-18)21-13-20(16-7-9-17(24)10-8-16)26-28(21)22(29)11-12-23(30)31/h2-10,14,21H,11-13H2,1H3,(H,30,31)/t21-/m0/s1. The van der Waals surface area contributed by atoms with Crippen LogP contribution in [0.25, 0.3) is 5.69 Å². The number of carbonyl (C=O) groups is 2. The maximum absolute atomic E-state index is 12.9. The van der Waals surface area contributed by atoms with Gasteiger partial charge >= 0.3 is 5.97 Å². The summed E-state index contributed by atoms with van der Waals surface area (Å²) in [6.45, 7) is 1.97. The number of hydrazone groups is 1. The molecule has 3 aromatic rings. The van der Waals surface area contributed by atoms with Crippen LogP contribution in [0.4, 0.5) is 0 Å². The molecule has 1 amide bonds. The summed E-state index contributed by atoms with van der Waals surface area (Å²) in [5.41, 5.74) is 4.45. The fourth-order valence-corrected chi connectivity index (χ4v) is 3.97. The van der Waals surface area contributed by atoms with Crippen molar-refractivity contribution in [1.29, 1.82) is 0 Å². The lowest BCUT2D eigenvalue weighted by Gasteiger charge is -2.21. The highest BCUT2D eigenvalue weighted by atomic mass is 79.9. The first-order valence-electron chi connectivity index (χ1n) is 9.91. The van der Waals surface area contributed by atoms with Gasteiger partial charge in [0.25, 0.3) is 0 Å². The summed E-state index contributed by atoms with van der Waals surface area (Å²) in [5, 5.41) is 19.6. The van der Waals surface area contributed by atoms with E-state index < -0.39 is 5.97 Å². The van der Waals surface area contributed by atoms with Crippen molar-refractivity contribution in [3.8, 4) is 5.69 Å². The molecule has 1 aliphatic heterocycles. The van der Waals surface area contributed by atoms with Gasteiger partial charge < -0.3 is 5.11 Å². The van der Waals surface area contributed by atoms with Gasteiger partial charge in [-0.3, -0.25) is 9.59 Å². The van der Waals surface area contributed by atoms with E-state index in [9.17, 15) is 9.59 Å². The Morgan fingerprint density at radius 2 is 1.81 bits per heavy atom. The lowest BCUT2D eigenvalue weighted by Crippen LogP contribution is -2.27. The summed E-state index contributed by atoms with van der Waals surface area (Å²) in [6.07, 6.45) is 1.97. The molecule has 1 N–H and O–H groups in total. The molecule has 7 nitrogen and oxygen atoms in total. The minimum Gasteiger partial charge on any atom is -0.481 e. The van der Waals surface area contributed by atoms with Gasteiger partial charge in [-0.2, -0.15) is 10.2 Å². The van der Waals surface area contributed by atoms with Crippen LogP contribution in [0.15, 0.2) is 70.4 Å². The number of halogens is 1. The molecule has 0 saturated carbocycles. The van der Waals surface area contributed by atoms with Gasteiger partial charge in [-0.25, -0.2) is 9.69 Å². The van der Waals surface area contributed by atoms with Crippen molar-refractivity contribution in [1.82, 2.24) is 14.8 Å². The number of carboxylic acid groups (broad SMARTS) is 1. The zero-order valence-corrected chi connectivity index (χ0v) is 18.5. The number of amides is 1. The highest BCUT2D eigenvalue weighted by molar-refractivity contribution is 9.10. The van der Waals surface area contributed by atoms with E-state index >= 15 is 0 Å². The van der Waals surface area contributed by atoms with E-state index in [0.717, 1.165) is 32.7 Å². The maximum Gasteiger partial charge on any atom is 0.303 e. The molecule has 0 unspecified atom stereocenters. The molecular formula is C23H21BrN4O3. The Labute approximate surface area is 188 Å². The molecule has 2 aromatic carbocycles. The summed E-state index contributed by atoms with van der Waals surface area (Å²) in [5.74, 6) is -1.32. The van der Waals surface area contributed by atoms with Gasteiger partial charge in [-0.05, 0) is 36.8 Å². The molecule has 1 aromatic heterocycles. The number of rotatable bonds is 6. The largest absolute Gasteiger partial charge is 0.481 e. The van der Waals surface area contributed by atoms with E-state index in [1.54, 1.807) is 6.20 Å². The van der Waals surface area contributed by atoms with Crippen molar-refractivity contribution in [2.45, 2.75) is 32.2 Å². The van der Waals surface area contributed by atoms with E-state index in [4.69, 9.17) is 5.11 Å². The quantitative estimate of drug-likeness (QED) is 0.562. The van der Waals surface area contributed by atoms with Crippen LogP contribution in [0, 0.1) is 6.92 Å². The smallest absolute Gasteiger partial charge is 0.303 e. The second-order valence-corrected chi connectivity index (χ2v) is 8.25. The van der Waals surface area contributed by atoms with Crippen LogP contribution in [0.5, 0.6) is 0 Å². The molecule has 0 saturated heterocycles. The average Bonchev–Trinajstić information content (AvgIpc) is 3.37. The Balaban J connectivity index is 1.68. The van der Waals surface area contributed by atoms with E-state index in [-0.39, 0.29) is 24.8 Å². The second kappa shape index (κ2) is 8.85. The highest BCUT2D eigenvalue weighted by Gasteiger charge is 2.35. The first-order valence-corrected chi connectivity index (χ1v) is 10.7. The fraction of sp³-hybridized carbons (Fsp3) is 0.217. The van der Waals surface area contributed by atoms with Crippen molar-refractivity contribution in [2.24, 2.45) is 5.10 Å². The van der Waals surface area contributed by atoms with Crippen molar-refractivity contribution in [2.75, 3.05) is 0 Å². The number of nitrogens with zero attached hydrogens (tertiary/aromatic N) is 4. The number of aliphatic carboxylic acids is 1. The van der Waals surface area contributed by atoms with Gasteiger partial charge in [0.15, 0.2) is 0 Å². The Morgan fingerprint density at radius 3 is 2.48 bits per heavy atom. The van der Waals surface area contributed by atoms with Crippen LogP contribution < -0.4 is 0 Å². The number of aromatic nitrogens is 2. The van der Waals surface area contributed by atoms with Gasteiger partial charge in [0.1, 0.15) is 0 Å². The van der Waals surface area contributed by atoms with Crippen molar-refractivity contribution >= 4 is 33.5 Å². The molecule has 4 rings (SSSR count). The third-order valence-electron chi connectivity index (χ3n) is 5.30. The summed E-state index contributed by atoms with van der Waals surface area (Å²) in [6, 6.07) is 17.2. The SMILES string of the molecule is Cc1c([C@@H]2CC(c3ccc(Br)cc3)=NN2C(=O)CCC(=O)O)cnn1-c1ccccc1. The summed E-state index contributed by atoms with van der Waals surface area (Å²) in [7, 11) is 0. The number of hydrogen-bond donors (Lipinski definition) is 1. The Bertz CT molecular complexity index is 1140. The Hall–Kier alpha value is -3.26.